The van der Waals surface area contributed by atoms with Gasteiger partial charge in [0.05, 0.1) is 68.0 Å². The molecule has 0 aliphatic carbocycles. The first kappa shape index (κ1) is 72.5. The van der Waals surface area contributed by atoms with Gasteiger partial charge in [0.2, 0.25) is 0 Å². The van der Waals surface area contributed by atoms with E-state index in [9.17, 15) is 57.5 Å². The molecular weight excluding hydrogens is 925 g/mol. The molecule has 0 saturated carbocycles. The van der Waals surface area contributed by atoms with E-state index in [1.54, 1.807) is 99.6 Å². The van der Waals surface area contributed by atoms with Gasteiger partial charge in [0.15, 0.2) is 34.7 Å². The number of methoxy groups -OCH3 is 1. The van der Waals surface area contributed by atoms with E-state index in [2.05, 4.69) is 67.9 Å². The van der Waals surface area contributed by atoms with Gasteiger partial charge in [0.1, 0.15) is 5.57 Å². The van der Waals surface area contributed by atoms with Crippen LogP contribution in [0.15, 0.2) is 103 Å². The lowest BCUT2D eigenvalue weighted by molar-refractivity contribution is -0.142. The Morgan fingerprint density at radius 1 is 0.479 bits per heavy atom. The summed E-state index contributed by atoms with van der Waals surface area (Å²) >= 11 is 0. The Morgan fingerprint density at radius 3 is 1.10 bits per heavy atom. The van der Waals surface area contributed by atoms with Gasteiger partial charge in [-0.3, -0.25) is 28.8 Å². The second-order valence-electron chi connectivity index (χ2n) is 15.0. The summed E-state index contributed by atoms with van der Waals surface area (Å²) in [7, 11) is 1.20. The lowest BCUT2D eigenvalue weighted by Crippen LogP contribution is -2.26. The fourth-order valence-corrected chi connectivity index (χ4v) is 3.84. The van der Waals surface area contributed by atoms with Crippen LogP contribution in [0.25, 0.3) is 0 Å². The molecule has 1 rings (SSSR count). The summed E-state index contributed by atoms with van der Waals surface area (Å²) in [5.74, 6) is -5.86. The second-order valence-corrected chi connectivity index (χ2v) is 15.0. The summed E-state index contributed by atoms with van der Waals surface area (Å²) < 4.78 is 27.3. The van der Waals surface area contributed by atoms with Crippen molar-refractivity contribution >= 4 is 70.5 Å². The molecule has 0 fully saturated rings. The van der Waals surface area contributed by atoms with Gasteiger partial charge >= 0.3 is 35.8 Å². The second kappa shape index (κ2) is 40.4. The van der Waals surface area contributed by atoms with E-state index >= 15 is 0 Å². The molecule has 0 spiro atoms. The summed E-state index contributed by atoms with van der Waals surface area (Å²) in [6, 6.07) is 8.51. The zero-order valence-electron chi connectivity index (χ0n) is 44.0. The van der Waals surface area contributed by atoms with Crippen LogP contribution >= 0.6 is 0 Å². The number of hydrogen-bond acceptors (Lipinski definition) is 18. The van der Waals surface area contributed by atoms with Crippen LogP contribution in [0.3, 0.4) is 0 Å². The average molecular weight is 999 g/mol. The molecule has 0 aliphatic heterocycles. The Morgan fingerprint density at radius 2 is 0.803 bits per heavy atom. The van der Waals surface area contributed by atoms with Gasteiger partial charge in [-0.05, 0) is 54.9 Å². The van der Waals surface area contributed by atoms with Crippen LogP contribution in [0.4, 0.5) is 0 Å². The van der Waals surface area contributed by atoms with E-state index in [4.69, 9.17) is 0 Å². The minimum Gasteiger partial charge on any atom is -0.465 e. The summed E-state index contributed by atoms with van der Waals surface area (Å²) in [6.07, 6.45) is 1.08. The van der Waals surface area contributed by atoms with E-state index in [-0.39, 0.29) is 101 Å². The summed E-state index contributed by atoms with van der Waals surface area (Å²) in [5, 5.41) is 0. The van der Waals surface area contributed by atoms with Crippen LogP contribution in [0, 0.1) is 11.3 Å². The van der Waals surface area contributed by atoms with E-state index in [1.165, 1.54) is 21.0 Å². The van der Waals surface area contributed by atoms with Crippen LogP contribution < -0.4 is 0 Å². The first-order chi connectivity index (χ1) is 32.8. The van der Waals surface area contributed by atoms with Crippen molar-refractivity contribution in [1.82, 2.24) is 0 Å². The Labute approximate surface area is 418 Å². The molecule has 71 heavy (non-hydrogen) atoms. The van der Waals surface area contributed by atoms with Gasteiger partial charge < -0.3 is 28.4 Å². The van der Waals surface area contributed by atoms with Crippen molar-refractivity contribution in [3.05, 3.63) is 109 Å². The van der Waals surface area contributed by atoms with E-state index in [0.717, 1.165) is 6.42 Å². The van der Waals surface area contributed by atoms with Crippen molar-refractivity contribution in [3.8, 4) is 0 Å². The van der Waals surface area contributed by atoms with Crippen molar-refractivity contribution in [3.63, 3.8) is 0 Å². The topological polar surface area (TPSA) is 260 Å². The van der Waals surface area contributed by atoms with Crippen LogP contribution in [-0.4, -0.2) is 111 Å². The number of ether oxygens (including phenoxy) is 6. The summed E-state index contributed by atoms with van der Waals surface area (Å²) in [4.78, 5) is 131. The lowest BCUT2D eigenvalue weighted by atomic mass is 9.87. The van der Waals surface area contributed by atoms with Crippen LogP contribution in [0.2, 0.25) is 0 Å². The highest BCUT2D eigenvalue weighted by Gasteiger charge is 2.28. The summed E-state index contributed by atoms with van der Waals surface area (Å²) in [5.41, 5.74) is -0.665. The number of carbonyl (C=O) groups is 12. The van der Waals surface area contributed by atoms with E-state index in [1.807, 2.05) is 6.92 Å². The number of ketones is 6. The smallest absolute Gasteiger partial charge is 0.341 e. The van der Waals surface area contributed by atoms with Gasteiger partial charge in [-0.2, -0.15) is 0 Å². The highest BCUT2D eigenvalue weighted by Crippen LogP contribution is 2.19. The van der Waals surface area contributed by atoms with E-state index < -0.39 is 47.0 Å². The predicted octanol–water partition coefficient (Wildman–Crippen LogP) is 7.51. The molecule has 0 saturated heterocycles. The lowest BCUT2D eigenvalue weighted by Gasteiger charge is -2.16. The molecule has 0 bridgehead atoms. The first-order valence-electron chi connectivity index (χ1n) is 22.1. The molecule has 1 aromatic rings. The number of esters is 6. The van der Waals surface area contributed by atoms with Gasteiger partial charge in [-0.1, -0.05) is 111 Å². The molecule has 0 heterocycles. The molecule has 18 heteroatoms. The predicted molar refractivity (Wildman–Crippen MR) is 266 cm³/mol. The quantitative estimate of drug-likeness (QED) is 0.0288. The normalized spacial score (nSPS) is 9.39. The third-order valence-corrected chi connectivity index (χ3v) is 7.79. The molecule has 0 aromatic heterocycles. The number of Topliss-reactive ketones (excluding diaryl/α,β-unsaturated/α-hetero) is 6. The van der Waals surface area contributed by atoms with E-state index in [0.29, 0.717) is 12.0 Å². The minimum atomic E-state index is -0.664. The van der Waals surface area contributed by atoms with Crippen LogP contribution in [-0.2, 0) is 81.2 Å². The van der Waals surface area contributed by atoms with Crippen molar-refractivity contribution < 1.29 is 86.0 Å². The number of hydrogen-bond donors (Lipinski definition) is 0. The van der Waals surface area contributed by atoms with Crippen LogP contribution in [0.5, 0.6) is 0 Å². The van der Waals surface area contributed by atoms with Crippen molar-refractivity contribution in [2.75, 3.05) is 40.1 Å². The SMILES string of the molecule is C=C(C(=O)CCC)C(=O)OCC.C=C(C(=O)OCC)C(=O)C(C)(C)C.C=C(C(=O)OCC)C(=O)C(C)C.C=C(C(=O)OCC)C(=O)c1ccccc1.C=C(C(C)=O)C(=O)OC.C=C(C(C)=O)C(=O)OCC. The molecule has 0 radical (unpaired) electrons. The Bertz CT molecular complexity index is 2070. The zero-order chi connectivity index (χ0) is 56.8. The number of rotatable bonds is 21. The van der Waals surface area contributed by atoms with Gasteiger partial charge in [-0.25, -0.2) is 28.8 Å². The molecular formula is C53H74O18. The largest absolute Gasteiger partial charge is 0.465 e. The van der Waals surface area contributed by atoms with Crippen molar-refractivity contribution in [2.45, 2.75) is 103 Å². The summed E-state index contributed by atoms with van der Waals surface area (Å²) in [6.45, 7) is 42.8. The highest BCUT2D eigenvalue weighted by atomic mass is 16.5. The molecule has 18 nitrogen and oxygen atoms in total. The fourth-order valence-electron chi connectivity index (χ4n) is 3.84. The third kappa shape index (κ3) is 33.6. The van der Waals surface area contributed by atoms with Gasteiger partial charge in [0.25, 0.3) is 0 Å². The average Bonchev–Trinajstić information content (AvgIpc) is 3.32. The Kier molecular flexibility index (Phi) is 41.2. The zero-order valence-corrected chi connectivity index (χ0v) is 44.0. The molecule has 1 aromatic carbocycles. The first-order valence-corrected chi connectivity index (χ1v) is 22.1. The maximum Gasteiger partial charge on any atom is 0.341 e. The van der Waals surface area contributed by atoms with Gasteiger partial charge in [0, 0.05) is 23.3 Å². The molecule has 394 valence electrons. The third-order valence-electron chi connectivity index (χ3n) is 7.79. The van der Waals surface area contributed by atoms with Crippen molar-refractivity contribution in [2.24, 2.45) is 11.3 Å². The number of benzene rings is 1. The molecule has 0 unspecified atom stereocenters. The Balaban J connectivity index is -0.000000247. The molecule has 0 aliphatic rings. The maximum absolute atomic E-state index is 11.7. The standard InChI is InChI=1S/C12H12O3.C10H16O3.2C9H14O3.C7H10O3.C6H8O3/c1-3-15-12(14)9(2)11(13)10-7-5-4-6-8-10;1-6-13-9(12)7(2)8(11)10(3,4)5;1-5-12-9(11)7(4)8(10)6(2)3;1-4-6-8(10)7(3)9(11)12-5-2;1-4-10-7(9)5(2)6(3)8;1-4(5(2)7)6(8)9-3/h4-8H,2-3H2,1H3;2,6H2,1,3-5H3;6H,4-5H2,1-3H3;3-6H2,1-2H3;2,4H2,1,3H3;1H2,2-3H3. The maximum atomic E-state index is 11.7. The van der Waals surface area contributed by atoms with Gasteiger partial charge in [-0.15, -0.1) is 0 Å². The number of carbonyl (C=O) groups excluding carboxylic acids is 12. The van der Waals surface area contributed by atoms with Crippen molar-refractivity contribution in [1.29, 1.82) is 0 Å². The fraction of sp³-hybridized carbons (Fsp3) is 0.434. The minimum absolute atomic E-state index is 0.0429. The molecule has 0 amide bonds. The van der Waals surface area contributed by atoms with Crippen LogP contribution in [0.1, 0.15) is 113 Å². The Hall–Kier alpha value is -7.50. The molecule has 0 N–H and O–H groups in total. The highest BCUT2D eigenvalue weighted by molar-refractivity contribution is 6.24. The molecule has 0 atom stereocenters. The monoisotopic (exact) mass is 998 g/mol.